The number of allylic oxidation sites excluding steroid dienone is 1. The predicted octanol–water partition coefficient (Wildman–Crippen LogP) is 4.86. The lowest BCUT2D eigenvalue weighted by Gasteiger charge is -2.39. The second-order valence-electron chi connectivity index (χ2n) is 10.2. The van der Waals surface area contributed by atoms with Crippen LogP contribution in [0.5, 0.6) is 0 Å². The van der Waals surface area contributed by atoms with Crippen LogP contribution in [0.15, 0.2) is 12.2 Å². The normalized spacial score (nSPS) is 19.9. The molecule has 0 bridgehead atoms. The van der Waals surface area contributed by atoms with E-state index in [1.54, 1.807) is 0 Å². The van der Waals surface area contributed by atoms with Gasteiger partial charge in [-0.1, -0.05) is 60.6 Å². The molecule has 132 valence electrons. The first-order valence-electron chi connectivity index (χ1n) is 8.70. The minimum Gasteiger partial charge on any atom is -0.296 e. The van der Waals surface area contributed by atoms with E-state index in [2.05, 4.69) is 60.4 Å². The summed E-state index contributed by atoms with van der Waals surface area (Å²) in [6.45, 7) is 20.3. The van der Waals surface area contributed by atoms with Gasteiger partial charge < -0.3 is 0 Å². The number of carbonyl (C=O) groups excluding carboxylic acids is 2. The van der Waals surface area contributed by atoms with Crippen LogP contribution in [0.4, 0.5) is 0 Å². The Bertz CT molecular complexity index is 480. The topological polar surface area (TPSA) is 46.2 Å². The van der Waals surface area contributed by atoms with Crippen LogP contribution in [0.3, 0.4) is 0 Å². The third-order valence-corrected chi connectivity index (χ3v) is 4.29. The van der Waals surface area contributed by atoms with E-state index in [1.165, 1.54) is 6.42 Å². The van der Waals surface area contributed by atoms with Gasteiger partial charge in [0.2, 0.25) is 11.8 Å². The van der Waals surface area contributed by atoms with Gasteiger partial charge in [0.25, 0.3) is 0 Å². The molecule has 0 saturated carbocycles. The molecule has 0 spiro atoms. The van der Waals surface area contributed by atoms with E-state index in [-0.39, 0.29) is 28.6 Å². The number of nitrogens with one attached hydrogen (secondary N) is 1. The molecule has 23 heavy (non-hydrogen) atoms. The highest BCUT2D eigenvalue weighted by Crippen LogP contribution is 2.44. The number of hydrogen-bond donors (Lipinski definition) is 1. The number of carbonyl (C=O) groups is 2. The van der Waals surface area contributed by atoms with Gasteiger partial charge in [0.1, 0.15) is 0 Å². The van der Waals surface area contributed by atoms with Crippen molar-refractivity contribution in [2.75, 3.05) is 0 Å². The second-order valence-corrected chi connectivity index (χ2v) is 10.2. The summed E-state index contributed by atoms with van der Waals surface area (Å²) in [6, 6.07) is 0. The van der Waals surface area contributed by atoms with Gasteiger partial charge in [0.15, 0.2) is 0 Å². The molecule has 0 aromatic heterocycles. The lowest BCUT2D eigenvalue weighted by atomic mass is 9.66. The third kappa shape index (κ3) is 7.32. The minimum atomic E-state index is -0.214. The van der Waals surface area contributed by atoms with E-state index >= 15 is 0 Å². The lowest BCUT2D eigenvalue weighted by molar-refractivity contribution is -0.125. The molecule has 1 unspecified atom stereocenters. The standard InChI is InChI=1S/C20H35NO2/c1-14(9-15-10-16(22)21-17(15)23)11-19(5,6)13-20(7,8)12-18(2,3)4/h15H,1,9-13H2,2-8H3,(H,21,22,23). The average molecular weight is 322 g/mol. The van der Waals surface area contributed by atoms with Gasteiger partial charge in [-0.15, -0.1) is 0 Å². The van der Waals surface area contributed by atoms with E-state index < -0.39 is 0 Å². The van der Waals surface area contributed by atoms with Gasteiger partial charge in [-0.05, 0) is 41.9 Å². The molecule has 3 nitrogen and oxygen atoms in total. The van der Waals surface area contributed by atoms with Crippen molar-refractivity contribution >= 4 is 11.8 Å². The van der Waals surface area contributed by atoms with Gasteiger partial charge in [0, 0.05) is 6.42 Å². The Balaban J connectivity index is 2.58. The summed E-state index contributed by atoms with van der Waals surface area (Å²) in [5.74, 6) is -0.506. The van der Waals surface area contributed by atoms with Crippen molar-refractivity contribution in [2.24, 2.45) is 22.2 Å². The van der Waals surface area contributed by atoms with Crippen LogP contribution in [0, 0.1) is 22.2 Å². The zero-order valence-electron chi connectivity index (χ0n) is 16.1. The Labute approximate surface area is 142 Å². The first-order chi connectivity index (χ1) is 10.2. The molecular weight excluding hydrogens is 286 g/mol. The van der Waals surface area contributed by atoms with Crippen LogP contribution in [0.2, 0.25) is 0 Å². The first-order valence-corrected chi connectivity index (χ1v) is 8.70. The Morgan fingerprint density at radius 1 is 1.04 bits per heavy atom. The molecule has 1 rings (SSSR count). The summed E-state index contributed by atoms with van der Waals surface area (Å²) >= 11 is 0. The van der Waals surface area contributed by atoms with Crippen LogP contribution >= 0.6 is 0 Å². The molecule has 1 aliphatic rings. The highest BCUT2D eigenvalue weighted by Gasteiger charge is 2.34. The molecule has 0 aromatic carbocycles. The summed E-state index contributed by atoms with van der Waals surface area (Å²) < 4.78 is 0. The van der Waals surface area contributed by atoms with Gasteiger partial charge >= 0.3 is 0 Å². The van der Waals surface area contributed by atoms with Crippen LogP contribution in [-0.4, -0.2) is 11.8 Å². The van der Waals surface area contributed by atoms with Crippen molar-refractivity contribution < 1.29 is 9.59 Å². The summed E-state index contributed by atoms with van der Waals surface area (Å²) in [7, 11) is 0. The highest BCUT2D eigenvalue weighted by atomic mass is 16.2. The first kappa shape index (κ1) is 19.9. The van der Waals surface area contributed by atoms with E-state index in [9.17, 15) is 9.59 Å². The van der Waals surface area contributed by atoms with Gasteiger partial charge in [0.05, 0.1) is 5.92 Å². The fourth-order valence-electron chi connectivity index (χ4n) is 4.73. The average Bonchev–Trinajstić information content (AvgIpc) is 2.49. The highest BCUT2D eigenvalue weighted by molar-refractivity contribution is 6.03. The number of imide groups is 1. The molecule has 2 amide bonds. The van der Waals surface area contributed by atoms with E-state index in [0.29, 0.717) is 18.3 Å². The van der Waals surface area contributed by atoms with Gasteiger partial charge in [-0.3, -0.25) is 14.9 Å². The zero-order valence-corrected chi connectivity index (χ0v) is 16.1. The Kier molecular flexibility index (Phi) is 5.88. The fourth-order valence-corrected chi connectivity index (χ4v) is 4.73. The van der Waals surface area contributed by atoms with Gasteiger partial charge in [-0.2, -0.15) is 0 Å². The zero-order chi connectivity index (χ0) is 18.1. The Morgan fingerprint density at radius 3 is 2.04 bits per heavy atom. The molecular formula is C20H35NO2. The number of rotatable bonds is 7. The van der Waals surface area contributed by atoms with E-state index in [0.717, 1.165) is 18.4 Å². The predicted molar refractivity (Wildman–Crippen MR) is 95.9 cm³/mol. The van der Waals surface area contributed by atoms with Crippen LogP contribution in [-0.2, 0) is 9.59 Å². The number of amides is 2. The minimum absolute atomic E-state index is 0.137. The molecule has 0 aromatic rings. The molecule has 1 N–H and O–H groups in total. The Morgan fingerprint density at radius 2 is 1.61 bits per heavy atom. The molecule has 0 radical (unpaired) electrons. The van der Waals surface area contributed by atoms with Crippen LogP contribution in [0.1, 0.15) is 80.6 Å². The molecule has 1 fully saturated rings. The summed E-state index contributed by atoms with van der Waals surface area (Å²) in [4.78, 5) is 23.0. The van der Waals surface area contributed by atoms with Crippen molar-refractivity contribution in [2.45, 2.75) is 80.6 Å². The van der Waals surface area contributed by atoms with Crippen molar-refractivity contribution in [3.05, 3.63) is 12.2 Å². The molecule has 0 aliphatic carbocycles. The summed E-state index contributed by atoms with van der Waals surface area (Å²) in [6.07, 6.45) is 4.13. The van der Waals surface area contributed by atoms with E-state index in [1.807, 2.05) is 0 Å². The van der Waals surface area contributed by atoms with Crippen molar-refractivity contribution in [3.8, 4) is 0 Å². The lowest BCUT2D eigenvalue weighted by Crippen LogP contribution is -2.28. The van der Waals surface area contributed by atoms with Crippen molar-refractivity contribution in [1.82, 2.24) is 5.32 Å². The van der Waals surface area contributed by atoms with Crippen LogP contribution < -0.4 is 5.32 Å². The molecule has 1 atom stereocenters. The largest absolute Gasteiger partial charge is 0.296 e. The summed E-state index contributed by atoms with van der Waals surface area (Å²) in [5, 5.41) is 2.38. The Hall–Kier alpha value is -1.12. The molecule has 1 saturated heterocycles. The van der Waals surface area contributed by atoms with E-state index in [4.69, 9.17) is 0 Å². The third-order valence-electron chi connectivity index (χ3n) is 4.29. The maximum atomic E-state index is 11.7. The smallest absolute Gasteiger partial charge is 0.230 e. The second kappa shape index (κ2) is 6.78. The summed E-state index contributed by atoms with van der Waals surface area (Å²) in [5.41, 5.74) is 1.81. The maximum Gasteiger partial charge on any atom is 0.230 e. The van der Waals surface area contributed by atoms with Crippen molar-refractivity contribution in [3.63, 3.8) is 0 Å². The SMILES string of the molecule is C=C(CC1CC(=O)NC1=O)CC(C)(C)CC(C)(C)CC(C)(C)C. The monoisotopic (exact) mass is 321 g/mol. The molecule has 1 heterocycles. The van der Waals surface area contributed by atoms with Gasteiger partial charge in [-0.25, -0.2) is 0 Å². The fraction of sp³-hybridized carbons (Fsp3) is 0.800. The molecule has 3 heteroatoms. The van der Waals surface area contributed by atoms with Crippen LogP contribution in [0.25, 0.3) is 0 Å². The quantitative estimate of drug-likeness (QED) is 0.537. The maximum absolute atomic E-state index is 11.7. The molecule has 1 aliphatic heterocycles. The van der Waals surface area contributed by atoms with Crippen molar-refractivity contribution in [1.29, 1.82) is 0 Å². The number of hydrogen-bond acceptors (Lipinski definition) is 2.